The Balaban J connectivity index is 1.61. The van der Waals surface area contributed by atoms with Crippen LogP contribution < -0.4 is 5.32 Å². The first-order valence-electron chi connectivity index (χ1n) is 6.72. The Bertz CT molecular complexity index is 711. The molecule has 0 saturated heterocycles. The zero-order valence-electron chi connectivity index (χ0n) is 11.7. The van der Waals surface area contributed by atoms with E-state index in [9.17, 15) is 0 Å². The highest BCUT2D eigenvalue weighted by Crippen LogP contribution is 2.11. The number of hydrogen-bond donors (Lipinski definition) is 1. The summed E-state index contributed by atoms with van der Waals surface area (Å²) < 4.78 is 3.85. The van der Waals surface area contributed by atoms with E-state index in [0.29, 0.717) is 0 Å². The summed E-state index contributed by atoms with van der Waals surface area (Å²) in [6.07, 6.45) is 4.60. The van der Waals surface area contributed by atoms with Crippen molar-refractivity contribution in [3.63, 3.8) is 0 Å². The highest BCUT2D eigenvalue weighted by atomic mass is 15.3. The molecule has 3 heterocycles. The largest absolute Gasteiger partial charge is 0.311 e. The van der Waals surface area contributed by atoms with Gasteiger partial charge < -0.3 is 9.72 Å². The van der Waals surface area contributed by atoms with Gasteiger partial charge in [0, 0.05) is 32.8 Å². The Morgan fingerprint density at radius 1 is 1.30 bits per heavy atom. The van der Waals surface area contributed by atoms with Gasteiger partial charge in [0.1, 0.15) is 12.0 Å². The van der Waals surface area contributed by atoms with Gasteiger partial charge in [-0.15, -0.1) is 0 Å². The molecule has 0 aliphatic rings. The summed E-state index contributed by atoms with van der Waals surface area (Å²) in [4.78, 5) is 8.76. The van der Waals surface area contributed by atoms with E-state index in [1.807, 2.05) is 38.4 Å². The Labute approximate surface area is 117 Å². The van der Waals surface area contributed by atoms with Crippen molar-refractivity contribution in [2.75, 3.05) is 6.54 Å². The number of aromatic nitrogens is 5. The van der Waals surface area contributed by atoms with Crippen molar-refractivity contribution in [3.05, 3.63) is 47.9 Å². The van der Waals surface area contributed by atoms with Crippen LogP contribution in [0.2, 0.25) is 0 Å². The molecule has 0 aliphatic carbocycles. The SMILES string of the molecule is Cc1nc2ccccn2c1CNCCc1ncn(C)n1. The van der Waals surface area contributed by atoms with Crippen LogP contribution in [0.1, 0.15) is 17.2 Å². The molecule has 0 amide bonds. The molecule has 0 saturated carbocycles. The lowest BCUT2D eigenvalue weighted by Crippen LogP contribution is -2.18. The standard InChI is InChI=1S/C14H18N6/c1-11-12(20-8-4-3-5-14(20)17-11)9-15-7-6-13-16-10-19(2)18-13/h3-5,8,10,15H,6-7,9H2,1-2H3. The van der Waals surface area contributed by atoms with Gasteiger partial charge in [0.25, 0.3) is 0 Å². The van der Waals surface area contributed by atoms with E-state index in [1.54, 1.807) is 11.0 Å². The summed E-state index contributed by atoms with van der Waals surface area (Å²) in [7, 11) is 1.88. The third-order valence-corrected chi connectivity index (χ3v) is 3.29. The van der Waals surface area contributed by atoms with Crippen molar-refractivity contribution >= 4 is 5.65 Å². The lowest BCUT2D eigenvalue weighted by molar-refractivity contribution is 0.648. The van der Waals surface area contributed by atoms with Gasteiger partial charge >= 0.3 is 0 Å². The maximum atomic E-state index is 4.55. The Morgan fingerprint density at radius 3 is 3.00 bits per heavy atom. The van der Waals surface area contributed by atoms with E-state index in [0.717, 1.165) is 36.7 Å². The second-order valence-electron chi connectivity index (χ2n) is 4.83. The van der Waals surface area contributed by atoms with E-state index >= 15 is 0 Å². The van der Waals surface area contributed by atoms with Crippen LogP contribution >= 0.6 is 0 Å². The Hall–Kier alpha value is -2.21. The number of imidazole rings is 1. The lowest BCUT2D eigenvalue weighted by Gasteiger charge is -2.04. The molecule has 1 N–H and O–H groups in total. The van der Waals surface area contributed by atoms with E-state index in [1.165, 1.54) is 5.69 Å². The first kappa shape index (κ1) is 12.8. The van der Waals surface area contributed by atoms with Gasteiger partial charge in [-0.25, -0.2) is 9.97 Å². The highest BCUT2D eigenvalue weighted by molar-refractivity contribution is 5.42. The molecule has 0 spiro atoms. The molecular weight excluding hydrogens is 252 g/mol. The number of hydrogen-bond acceptors (Lipinski definition) is 4. The second kappa shape index (κ2) is 5.42. The minimum Gasteiger partial charge on any atom is -0.311 e. The van der Waals surface area contributed by atoms with E-state index in [-0.39, 0.29) is 0 Å². The number of fused-ring (bicyclic) bond motifs is 1. The summed E-state index contributed by atoms with van der Waals surface area (Å²) in [5, 5.41) is 7.69. The van der Waals surface area contributed by atoms with E-state index in [4.69, 9.17) is 0 Å². The molecule has 0 radical (unpaired) electrons. The van der Waals surface area contributed by atoms with Gasteiger partial charge in [-0.1, -0.05) is 6.07 Å². The van der Waals surface area contributed by atoms with Crippen LogP contribution in [0.4, 0.5) is 0 Å². The molecule has 3 rings (SSSR count). The summed E-state index contributed by atoms with van der Waals surface area (Å²) in [5.74, 6) is 0.870. The number of aryl methyl sites for hydroxylation is 2. The maximum Gasteiger partial charge on any atom is 0.151 e. The molecule has 20 heavy (non-hydrogen) atoms. The van der Waals surface area contributed by atoms with Crippen LogP contribution in [0, 0.1) is 6.92 Å². The molecule has 0 aliphatic heterocycles. The van der Waals surface area contributed by atoms with E-state index in [2.05, 4.69) is 24.8 Å². The third-order valence-electron chi connectivity index (χ3n) is 3.29. The lowest BCUT2D eigenvalue weighted by atomic mass is 10.3. The molecule has 6 nitrogen and oxygen atoms in total. The molecular formula is C14H18N6. The molecule has 104 valence electrons. The second-order valence-corrected chi connectivity index (χ2v) is 4.83. The first-order valence-corrected chi connectivity index (χ1v) is 6.72. The van der Waals surface area contributed by atoms with Gasteiger partial charge in [0.15, 0.2) is 5.82 Å². The van der Waals surface area contributed by atoms with Crippen LogP contribution in [0.15, 0.2) is 30.7 Å². The smallest absolute Gasteiger partial charge is 0.151 e. The number of rotatable bonds is 5. The van der Waals surface area contributed by atoms with Gasteiger partial charge in [-0.05, 0) is 19.1 Å². The highest BCUT2D eigenvalue weighted by Gasteiger charge is 2.07. The molecule has 0 aromatic carbocycles. The first-order chi connectivity index (χ1) is 9.74. The summed E-state index contributed by atoms with van der Waals surface area (Å²) >= 11 is 0. The van der Waals surface area contributed by atoms with Crippen molar-refractivity contribution in [2.45, 2.75) is 19.9 Å². The molecule has 6 heteroatoms. The van der Waals surface area contributed by atoms with Crippen molar-refractivity contribution in [1.82, 2.24) is 29.5 Å². The number of pyridine rings is 1. The maximum absolute atomic E-state index is 4.55. The monoisotopic (exact) mass is 270 g/mol. The van der Waals surface area contributed by atoms with Crippen molar-refractivity contribution in [1.29, 1.82) is 0 Å². The third kappa shape index (κ3) is 2.55. The molecule has 3 aromatic rings. The fourth-order valence-corrected chi connectivity index (χ4v) is 2.28. The van der Waals surface area contributed by atoms with Crippen LogP contribution in [-0.2, 0) is 20.0 Å². The van der Waals surface area contributed by atoms with Gasteiger partial charge in [-0.2, -0.15) is 5.10 Å². The molecule has 3 aromatic heterocycles. The number of nitrogens with one attached hydrogen (secondary N) is 1. The van der Waals surface area contributed by atoms with Crippen LogP contribution in [0.25, 0.3) is 5.65 Å². The Morgan fingerprint density at radius 2 is 2.20 bits per heavy atom. The quantitative estimate of drug-likeness (QED) is 0.705. The van der Waals surface area contributed by atoms with Crippen LogP contribution in [0.5, 0.6) is 0 Å². The zero-order chi connectivity index (χ0) is 13.9. The van der Waals surface area contributed by atoms with Gasteiger partial charge in [0.05, 0.1) is 11.4 Å². The minimum absolute atomic E-state index is 0.795. The van der Waals surface area contributed by atoms with Gasteiger partial charge in [0.2, 0.25) is 0 Å². The summed E-state index contributed by atoms with van der Waals surface area (Å²) in [6.45, 7) is 3.69. The van der Waals surface area contributed by atoms with Crippen LogP contribution in [0.3, 0.4) is 0 Å². The topological polar surface area (TPSA) is 60.0 Å². The molecule has 0 bridgehead atoms. The Kier molecular flexibility index (Phi) is 3.47. The predicted molar refractivity (Wildman–Crippen MR) is 76.3 cm³/mol. The average Bonchev–Trinajstić information content (AvgIpc) is 2.98. The summed E-state index contributed by atoms with van der Waals surface area (Å²) in [6, 6.07) is 6.05. The summed E-state index contributed by atoms with van der Waals surface area (Å²) in [5.41, 5.74) is 3.27. The zero-order valence-corrected chi connectivity index (χ0v) is 11.7. The molecule has 0 unspecified atom stereocenters. The number of nitrogens with zero attached hydrogens (tertiary/aromatic N) is 5. The average molecular weight is 270 g/mol. The van der Waals surface area contributed by atoms with Crippen molar-refractivity contribution in [3.8, 4) is 0 Å². The van der Waals surface area contributed by atoms with Gasteiger partial charge in [-0.3, -0.25) is 4.68 Å². The normalized spacial score (nSPS) is 11.3. The van der Waals surface area contributed by atoms with Crippen molar-refractivity contribution in [2.24, 2.45) is 7.05 Å². The minimum atomic E-state index is 0.795. The van der Waals surface area contributed by atoms with E-state index < -0.39 is 0 Å². The van der Waals surface area contributed by atoms with Crippen LogP contribution in [-0.4, -0.2) is 30.7 Å². The molecule has 0 fully saturated rings. The fourth-order valence-electron chi connectivity index (χ4n) is 2.28. The fraction of sp³-hybridized carbons (Fsp3) is 0.357. The van der Waals surface area contributed by atoms with Crippen molar-refractivity contribution < 1.29 is 0 Å². The predicted octanol–water partition coefficient (Wildman–Crippen LogP) is 1.10. The molecule has 0 atom stereocenters.